The first-order valence-electron chi connectivity index (χ1n) is 8.67. The van der Waals surface area contributed by atoms with Crippen LogP contribution in [0.5, 0.6) is 5.75 Å². The molecule has 0 bridgehead atoms. The molecule has 1 aromatic rings. The molecule has 0 heterocycles. The van der Waals surface area contributed by atoms with Crippen molar-refractivity contribution in [1.29, 1.82) is 0 Å². The van der Waals surface area contributed by atoms with Gasteiger partial charge in [0.2, 0.25) is 0 Å². The molecule has 0 amide bonds. The van der Waals surface area contributed by atoms with E-state index in [0.717, 1.165) is 10.0 Å². The average molecular weight is 415 g/mol. The molecule has 26 heavy (non-hydrogen) atoms. The van der Waals surface area contributed by atoms with Crippen molar-refractivity contribution in [2.24, 2.45) is 10.8 Å². The Morgan fingerprint density at radius 2 is 1.81 bits per heavy atom. The number of benzene rings is 1. The Bertz CT molecular complexity index is 908. The van der Waals surface area contributed by atoms with Crippen LogP contribution in [0.4, 0.5) is 0 Å². The number of hydrogen-bond donors (Lipinski definition) is 1. The third kappa shape index (κ3) is 2.24. The number of Topliss-reactive ketones (excluding diaryl/α,β-unsaturated/α-hetero) is 2. The van der Waals surface area contributed by atoms with Gasteiger partial charge < -0.3 is 5.11 Å². The fourth-order valence-corrected chi connectivity index (χ4v) is 4.99. The molecule has 0 fully saturated rings. The lowest BCUT2D eigenvalue weighted by Crippen LogP contribution is -2.57. The first-order valence-corrected chi connectivity index (χ1v) is 9.47. The van der Waals surface area contributed by atoms with Crippen LogP contribution in [0.25, 0.3) is 0 Å². The number of aromatic hydroxyl groups is 1. The van der Waals surface area contributed by atoms with E-state index in [4.69, 9.17) is 0 Å². The van der Waals surface area contributed by atoms with Gasteiger partial charge in [-0.1, -0.05) is 48.5 Å². The van der Waals surface area contributed by atoms with Crippen molar-refractivity contribution >= 4 is 27.5 Å². The zero-order valence-corrected chi connectivity index (χ0v) is 17.1. The number of phenols is 1. The fourth-order valence-electron chi connectivity index (χ4n) is 4.61. The van der Waals surface area contributed by atoms with Gasteiger partial charge in [-0.2, -0.15) is 0 Å². The number of allylic oxidation sites excluding steroid dienone is 5. The first-order chi connectivity index (χ1) is 12.1. The van der Waals surface area contributed by atoms with Crippen LogP contribution in [0, 0.1) is 10.8 Å². The number of fused-ring (bicyclic) bond motifs is 1. The number of halogens is 1. The van der Waals surface area contributed by atoms with Gasteiger partial charge in [0.25, 0.3) is 0 Å². The quantitative estimate of drug-likeness (QED) is 0.718. The van der Waals surface area contributed by atoms with Gasteiger partial charge in [0.1, 0.15) is 5.75 Å². The minimum absolute atomic E-state index is 0.0101. The van der Waals surface area contributed by atoms with E-state index in [1.165, 1.54) is 0 Å². The van der Waals surface area contributed by atoms with E-state index >= 15 is 0 Å². The lowest BCUT2D eigenvalue weighted by atomic mass is 9.45. The summed E-state index contributed by atoms with van der Waals surface area (Å²) in [4.78, 5) is 26.7. The number of carbonyl (C=O) groups is 2. The molecule has 0 unspecified atom stereocenters. The smallest absolute Gasteiger partial charge is 0.166 e. The molecule has 1 N–H and O–H groups in total. The number of phenolic OH excluding ortho intramolecular Hbond substituents is 1. The summed E-state index contributed by atoms with van der Waals surface area (Å²) in [6, 6.07) is 5.19. The maximum atomic E-state index is 13.5. The van der Waals surface area contributed by atoms with Crippen LogP contribution in [0.2, 0.25) is 0 Å². The second kappa shape index (κ2) is 6.05. The van der Waals surface area contributed by atoms with Crippen molar-refractivity contribution < 1.29 is 14.7 Å². The Hall–Kier alpha value is -1.94. The molecule has 2 aliphatic rings. The number of carbonyl (C=O) groups excluding carboxylic acids is 2. The van der Waals surface area contributed by atoms with E-state index < -0.39 is 16.7 Å². The van der Waals surface area contributed by atoms with Crippen LogP contribution < -0.4 is 0 Å². The van der Waals surface area contributed by atoms with Gasteiger partial charge in [-0.05, 0) is 55.2 Å². The predicted octanol–water partition coefficient (Wildman–Crippen LogP) is 5.26. The van der Waals surface area contributed by atoms with Crippen molar-refractivity contribution in [3.63, 3.8) is 0 Å². The molecule has 3 atom stereocenters. The molecule has 0 saturated carbocycles. The third-order valence-electron chi connectivity index (χ3n) is 6.56. The van der Waals surface area contributed by atoms with Crippen molar-refractivity contribution in [2.45, 2.75) is 40.0 Å². The minimum Gasteiger partial charge on any atom is -0.508 e. The molecule has 2 aliphatic carbocycles. The van der Waals surface area contributed by atoms with E-state index in [0.29, 0.717) is 23.1 Å². The van der Waals surface area contributed by atoms with E-state index in [1.54, 1.807) is 32.1 Å². The summed E-state index contributed by atoms with van der Waals surface area (Å²) in [6.07, 6.45) is 4.19. The summed E-state index contributed by atoms with van der Waals surface area (Å²) in [5.41, 5.74) is 0.700. The third-order valence-corrected chi connectivity index (χ3v) is 7.05. The van der Waals surface area contributed by atoms with E-state index in [2.05, 4.69) is 22.5 Å². The zero-order valence-electron chi connectivity index (χ0n) is 15.5. The molecular weight excluding hydrogens is 392 g/mol. The highest BCUT2D eigenvalue weighted by Crippen LogP contribution is 2.62. The van der Waals surface area contributed by atoms with Gasteiger partial charge in [0.05, 0.1) is 5.41 Å². The molecule has 136 valence electrons. The van der Waals surface area contributed by atoms with E-state index in [-0.39, 0.29) is 17.3 Å². The van der Waals surface area contributed by atoms with Crippen LogP contribution in [0.15, 0.2) is 58.1 Å². The SMILES string of the molecule is C=CC1=CC[C@@]2(C)C(=O)C(C)=C(C)C(=O)[C@@]2(C)[C@H]1c1cc(Br)ccc1O. The molecule has 0 aliphatic heterocycles. The molecule has 0 radical (unpaired) electrons. The molecule has 0 aromatic heterocycles. The van der Waals surface area contributed by atoms with Gasteiger partial charge in [-0.3, -0.25) is 9.59 Å². The maximum Gasteiger partial charge on any atom is 0.166 e. The topological polar surface area (TPSA) is 54.4 Å². The highest BCUT2D eigenvalue weighted by molar-refractivity contribution is 9.10. The van der Waals surface area contributed by atoms with Crippen LogP contribution in [-0.2, 0) is 9.59 Å². The van der Waals surface area contributed by atoms with Crippen molar-refractivity contribution in [3.05, 3.63) is 63.7 Å². The number of hydrogen-bond acceptors (Lipinski definition) is 3. The Labute approximate surface area is 162 Å². The van der Waals surface area contributed by atoms with Crippen LogP contribution in [0.3, 0.4) is 0 Å². The lowest BCUT2D eigenvalue weighted by Gasteiger charge is -2.54. The summed E-state index contributed by atoms with van der Waals surface area (Å²) in [5, 5.41) is 10.6. The number of ketones is 2. The van der Waals surface area contributed by atoms with Crippen LogP contribution in [-0.4, -0.2) is 16.7 Å². The van der Waals surface area contributed by atoms with Crippen LogP contribution in [0.1, 0.15) is 45.6 Å². The largest absolute Gasteiger partial charge is 0.508 e. The molecule has 0 spiro atoms. The average Bonchev–Trinajstić information content (AvgIpc) is 2.62. The summed E-state index contributed by atoms with van der Waals surface area (Å²) in [5.74, 6) is -0.360. The Morgan fingerprint density at radius 3 is 2.42 bits per heavy atom. The van der Waals surface area contributed by atoms with Crippen molar-refractivity contribution in [2.75, 3.05) is 0 Å². The lowest BCUT2D eigenvalue weighted by molar-refractivity contribution is -0.147. The van der Waals surface area contributed by atoms with E-state index in [1.807, 2.05) is 26.0 Å². The van der Waals surface area contributed by atoms with Gasteiger partial charge in [-0.25, -0.2) is 0 Å². The fraction of sp³-hybridized carbons (Fsp3) is 0.364. The molecular formula is C22H23BrO3. The Kier molecular flexibility index (Phi) is 4.39. The second-order valence-electron chi connectivity index (χ2n) is 7.69. The monoisotopic (exact) mass is 414 g/mol. The van der Waals surface area contributed by atoms with Crippen molar-refractivity contribution in [1.82, 2.24) is 0 Å². The zero-order chi connectivity index (χ0) is 19.4. The van der Waals surface area contributed by atoms with Crippen LogP contribution >= 0.6 is 15.9 Å². The molecule has 1 aromatic carbocycles. The minimum atomic E-state index is -0.996. The molecule has 0 saturated heterocycles. The predicted molar refractivity (Wildman–Crippen MR) is 106 cm³/mol. The second-order valence-corrected chi connectivity index (χ2v) is 8.61. The van der Waals surface area contributed by atoms with Gasteiger partial charge >= 0.3 is 0 Å². The van der Waals surface area contributed by atoms with Gasteiger partial charge in [0.15, 0.2) is 11.6 Å². The van der Waals surface area contributed by atoms with Gasteiger partial charge in [-0.15, -0.1) is 0 Å². The highest BCUT2D eigenvalue weighted by atomic mass is 79.9. The van der Waals surface area contributed by atoms with Gasteiger partial charge in [0, 0.05) is 21.4 Å². The summed E-state index contributed by atoms with van der Waals surface area (Å²) >= 11 is 3.45. The summed E-state index contributed by atoms with van der Waals surface area (Å²) < 4.78 is 0.808. The molecule has 3 rings (SSSR count). The molecule has 4 heteroatoms. The maximum absolute atomic E-state index is 13.5. The summed E-state index contributed by atoms with van der Waals surface area (Å²) in [6.45, 7) is 11.1. The number of rotatable bonds is 2. The summed E-state index contributed by atoms with van der Waals surface area (Å²) in [7, 11) is 0. The standard InChI is InChI=1S/C22H23BrO3/c1-6-14-9-10-21(4)19(25)12(2)13(3)20(26)22(21,5)18(14)16-11-15(23)7-8-17(16)24/h6-9,11,18,24H,1,10H2,2-5H3/t18-,21+,22-/m1/s1. The van der Waals surface area contributed by atoms with E-state index in [9.17, 15) is 14.7 Å². The molecule has 3 nitrogen and oxygen atoms in total. The Balaban J connectivity index is 2.38. The normalized spacial score (nSPS) is 31.6. The Morgan fingerprint density at radius 1 is 1.19 bits per heavy atom. The van der Waals surface area contributed by atoms with Crippen molar-refractivity contribution in [3.8, 4) is 5.75 Å². The highest BCUT2D eigenvalue weighted by Gasteiger charge is 2.63. The first kappa shape index (κ1) is 18.8.